The highest BCUT2D eigenvalue weighted by molar-refractivity contribution is 7.93. The molecular weight excluding hydrogens is 326 g/mol. The summed E-state index contributed by atoms with van der Waals surface area (Å²) in [5.74, 6) is -0.290. The average molecular weight is 347 g/mol. The van der Waals surface area contributed by atoms with Crippen molar-refractivity contribution >= 4 is 32.4 Å². The standard InChI is InChI=1S/C17H21N3O3S/c1-19(2)11-5-10-18-16(21)12-20-14-8-3-6-13-7-4-9-15(17(13)14)24(20,22)23/h3-4,6-9H,5,10-12H2,1-2H3,(H,18,21). The number of nitrogens with one attached hydrogen (secondary N) is 1. The van der Waals surface area contributed by atoms with Crippen molar-refractivity contribution in [3.8, 4) is 0 Å². The van der Waals surface area contributed by atoms with Gasteiger partial charge in [-0.2, -0.15) is 0 Å². The normalized spacial score (nSPS) is 15.2. The highest BCUT2D eigenvalue weighted by atomic mass is 32.2. The van der Waals surface area contributed by atoms with Crippen molar-refractivity contribution < 1.29 is 13.2 Å². The van der Waals surface area contributed by atoms with Crippen LogP contribution in [0.5, 0.6) is 0 Å². The molecule has 0 atom stereocenters. The third kappa shape index (κ3) is 2.97. The maximum absolute atomic E-state index is 12.8. The van der Waals surface area contributed by atoms with Crippen LogP contribution in [0.15, 0.2) is 41.3 Å². The summed E-state index contributed by atoms with van der Waals surface area (Å²) in [4.78, 5) is 14.5. The summed E-state index contributed by atoms with van der Waals surface area (Å²) in [6.07, 6.45) is 0.821. The molecule has 0 bridgehead atoms. The summed E-state index contributed by atoms with van der Waals surface area (Å²) in [6, 6.07) is 10.6. The van der Waals surface area contributed by atoms with E-state index in [1.165, 1.54) is 4.31 Å². The van der Waals surface area contributed by atoms with Crippen LogP contribution in [0.1, 0.15) is 6.42 Å². The van der Waals surface area contributed by atoms with Crippen molar-refractivity contribution in [3.05, 3.63) is 36.4 Å². The fraction of sp³-hybridized carbons (Fsp3) is 0.353. The van der Waals surface area contributed by atoms with Crippen LogP contribution in [0, 0.1) is 0 Å². The Balaban J connectivity index is 1.78. The summed E-state index contributed by atoms with van der Waals surface area (Å²) in [6.45, 7) is 1.20. The fourth-order valence-electron chi connectivity index (χ4n) is 2.94. The Morgan fingerprint density at radius 3 is 2.58 bits per heavy atom. The molecule has 128 valence electrons. The fourth-order valence-corrected chi connectivity index (χ4v) is 4.60. The Labute approximate surface area is 142 Å². The molecule has 24 heavy (non-hydrogen) atoms. The van der Waals surface area contributed by atoms with Crippen molar-refractivity contribution in [1.29, 1.82) is 0 Å². The number of hydrogen-bond donors (Lipinski definition) is 1. The number of carbonyl (C=O) groups is 1. The predicted molar refractivity (Wildman–Crippen MR) is 94.7 cm³/mol. The topological polar surface area (TPSA) is 69.7 Å². The Bertz CT molecular complexity index is 873. The Hall–Kier alpha value is -2.12. The van der Waals surface area contributed by atoms with Gasteiger partial charge in [0.15, 0.2) is 0 Å². The summed E-state index contributed by atoms with van der Waals surface area (Å²) in [7, 11) is 0.264. The van der Waals surface area contributed by atoms with Gasteiger partial charge in [0, 0.05) is 11.9 Å². The van der Waals surface area contributed by atoms with E-state index in [0.29, 0.717) is 17.6 Å². The third-order valence-electron chi connectivity index (χ3n) is 4.07. The number of benzene rings is 2. The lowest BCUT2D eigenvalue weighted by Gasteiger charge is -2.18. The van der Waals surface area contributed by atoms with Crippen LogP contribution in [-0.4, -0.2) is 53.0 Å². The maximum Gasteiger partial charge on any atom is 0.265 e. The molecule has 1 aliphatic rings. The largest absolute Gasteiger partial charge is 0.354 e. The molecule has 0 aliphatic carbocycles. The SMILES string of the molecule is CN(C)CCCNC(=O)CN1c2cccc3cccc(c23)S1(=O)=O. The summed E-state index contributed by atoms with van der Waals surface area (Å²) in [5, 5.41) is 4.35. The molecule has 1 aliphatic heterocycles. The van der Waals surface area contributed by atoms with E-state index >= 15 is 0 Å². The first-order valence-electron chi connectivity index (χ1n) is 7.87. The van der Waals surface area contributed by atoms with Crippen LogP contribution in [0.4, 0.5) is 5.69 Å². The number of rotatable bonds is 6. The van der Waals surface area contributed by atoms with Gasteiger partial charge in [0.1, 0.15) is 6.54 Å². The predicted octanol–water partition coefficient (Wildman–Crippen LogP) is 1.42. The van der Waals surface area contributed by atoms with E-state index in [1.807, 2.05) is 37.2 Å². The smallest absolute Gasteiger partial charge is 0.265 e. The first kappa shape index (κ1) is 16.7. The number of sulfonamides is 1. The van der Waals surface area contributed by atoms with E-state index in [-0.39, 0.29) is 17.3 Å². The Morgan fingerprint density at radius 1 is 1.17 bits per heavy atom. The van der Waals surface area contributed by atoms with E-state index in [1.54, 1.807) is 18.2 Å². The number of carbonyl (C=O) groups excluding carboxylic acids is 1. The lowest BCUT2D eigenvalue weighted by atomic mass is 10.1. The van der Waals surface area contributed by atoms with E-state index in [9.17, 15) is 13.2 Å². The van der Waals surface area contributed by atoms with Gasteiger partial charge < -0.3 is 10.2 Å². The van der Waals surface area contributed by atoms with Crippen molar-refractivity contribution in [1.82, 2.24) is 10.2 Å². The van der Waals surface area contributed by atoms with Crippen molar-refractivity contribution in [2.24, 2.45) is 0 Å². The molecule has 0 aromatic heterocycles. The first-order chi connectivity index (χ1) is 11.4. The van der Waals surface area contributed by atoms with Crippen LogP contribution < -0.4 is 9.62 Å². The quantitative estimate of drug-likeness (QED) is 0.803. The van der Waals surface area contributed by atoms with E-state index < -0.39 is 10.0 Å². The maximum atomic E-state index is 12.8. The molecule has 0 saturated carbocycles. The zero-order chi connectivity index (χ0) is 17.3. The van der Waals surface area contributed by atoms with Gasteiger partial charge in [-0.05, 0) is 44.6 Å². The molecule has 1 amide bonds. The molecule has 7 heteroatoms. The van der Waals surface area contributed by atoms with Gasteiger partial charge in [-0.1, -0.05) is 24.3 Å². The average Bonchev–Trinajstić information content (AvgIpc) is 2.75. The molecule has 0 unspecified atom stereocenters. The van der Waals surface area contributed by atoms with E-state index in [4.69, 9.17) is 0 Å². The lowest BCUT2D eigenvalue weighted by molar-refractivity contribution is -0.119. The zero-order valence-corrected chi connectivity index (χ0v) is 14.6. The van der Waals surface area contributed by atoms with Gasteiger partial charge in [0.05, 0.1) is 10.6 Å². The number of anilines is 1. The van der Waals surface area contributed by atoms with Crippen LogP contribution in [0.3, 0.4) is 0 Å². The second-order valence-electron chi connectivity index (χ2n) is 6.15. The van der Waals surface area contributed by atoms with Crippen molar-refractivity contribution in [3.63, 3.8) is 0 Å². The lowest BCUT2D eigenvalue weighted by Crippen LogP contribution is -2.39. The van der Waals surface area contributed by atoms with Crippen LogP contribution >= 0.6 is 0 Å². The Kier molecular flexibility index (Phi) is 4.47. The van der Waals surface area contributed by atoms with Crippen LogP contribution in [-0.2, 0) is 14.8 Å². The molecule has 2 aromatic rings. The Morgan fingerprint density at radius 2 is 1.88 bits per heavy atom. The van der Waals surface area contributed by atoms with Gasteiger partial charge in [-0.25, -0.2) is 8.42 Å². The minimum Gasteiger partial charge on any atom is -0.354 e. The van der Waals surface area contributed by atoms with Crippen molar-refractivity contribution in [2.45, 2.75) is 11.3 Å². The molecular formula is C17H21N3O3S. The van der Waals surface area contributed by atoms with Crippen LogP contribution in [0.2, 0.25) is 0 Å². The molecule has 0 radical (unpaired) electrons. The molecule has 3 rings (SSSR count). The van der Waals surface area contributed by atoms with Crippen molar-refractivity contribution in [2.75, 3.05) is 38.0 Å². The van der Waals surface area contributed by atoms with Gasteiger partial charge in [0.25, 0.3) is 10.0 Å². The number of amides is 1. The van der Waals surface area contributed by atoms with E-state index in [0.717, 1.165) is 18.4 Å². The minimum absolute atomic E-state index is 0.196. The summed E-state index contributed by atoms with van der Waals surface area (Å²) in [5.41, 5.74) is 0.576. The second kappa shape index (κ2) is 6.41. The minimum atomic E-state index is -3.67. The molecule has 1 heterocycles. The molecule has 0 fully saturated rings. The molecule has 1 N–H and O–H groups in total. The number of hydrogen-bond acceptors (Lipinski definition) is 4. The van der Waals surface area contributed by atoms with E-state index in [2.05, 4.69) is 5.32 Å². The van der Waals surface area contributed by atoms with Gasteiger partial charge >= 0.3 is 0 Å². The van der Waals surface area contributed by atoms with Gasteiger partial charge in [0.2, 0.25) is 5.91 Å². The van der Waals surface area contributed by atoms with Crippen LogP contribution in [0.25, 0.3) is 10.8 Å². The summed E-state index contributed by atoms with van der Waals surface area (Å²) >= 11 is 0. The molecule has 2 aromatic carbocycles. The van der Waals surface area contributed by atoms with Gasteiger partial charge in [-0.15, -0.1) is 0 Å². The van der Waals surface area contributed by atoms with Gasteiger partial charge in [-0.3, -0.25) is 9.10 Å². The molecule has 6 nitrogen and oxygen atoms in total. The second-order valence-corrected chi connectivity index (χ2v) is 7.98. The zero-order valence-electron chi connectivity index (χ0n) is 13.8. The highest BCUT2D eigenvalue weighted by Crippen LogP contribution is 2.41. The monoisotopic (exact) mass is 347 g/mol. The molecule has 0 spiro atoms. The summed E-state index contributed by atoms with van der Waals surface area (Å²) < 4.78 is 26.7. The number of nitrogens with zero attached hydrogens (tertiary/aromatic N) is 2. The third-order valence-corrected chi connectivity index (χ3v) is 5.87. The highest BCUT2D eigenvalue weighted by Gasteiger charge is 2.36. The molecule has 0 saturated heterocycles. The first-order valence-corrected chi connectivity index (χ1v) is 9.31.